The number of nitrogens with zero attached hydrogens (tertiary/aromatic N) is 2. The van der Waals surface area contributed by atoms with Crippen molar-refractivity contribution in [2.24, 2.45) is 29.4 Å². The van der Waals surface area contributed by atoms with Crippen LogP contribution in [0.25, 0.3) is 0 Å². The van der Waals surface area contributed by atoms with Crippen molar-refractivity contribution in [1.82, 2.24) is 10.4 Å². The first kappa shape index (κ1) is 30.3. The molecule has 3 aliphatic rings. The molecule has 2 saturated carbocycles. The maximum absolute atomic E-state index is 14.0. The number of ketones is 4. The maximum Gasteiger partial charge on any atom is 0.278 e. The van der Waals surface area contributed by atoms with Gasteiger partial charge in [0.05, 0.1) is 28.7 Å². The number of phenols is 1. The highest BCUT2D eigenvalue weighted by molar-refractivity contribution is 6.32. The van der Waals surface area contributed by atoms with Gasteiger partial charge in [-0.3, -0.25) is 38.5 Å². The topological polar surface area (TPSA) is 197 Å². The lowest BCUT2D eigenvalue weighted by Crippen LogP contribution is -2.74. The van der Waals surface area contributed by atoms with Gasteiger partial charge in [0, 0.05) is 25.7 Å². The van der Waals surface area contributed by atoms with Crippen LogP contribution < -0.4 is 16.1 Å². The summed E-state index contributed by atoms with van der Waals surface area (Å²) in [4.78, 5) is 88.1. The Bertz CT molecular complexity index is 1380. The molecule has 1 aromatic carbocycles. The molecule has 13 nitrogen and oxygen atoms in total. The Morgan fingerprint density at radius 1 is 1.10 bits per heavy atom. The molecule has 0 aromatic heterocycles. The van der Waals surface area contributed by atoms with Crippen molar-refractivity contribution >= 4 is 40.6 Å². The van der Waals surface area contributed by atoms with E-state index >= 15 is 0 Å². The molecular weight excluding hydrogens is 536 g/mol. The zero-order valence-corrected chi connectivity index (χ0v) is 24.1. The molecular formula is C28H36N4O9. The number of phenolic OH excluding ortho intramolecular Hbond substituents is 1. The summed E-state index contributed by atoms with van der Waals surface area (Å²) in [5, 5.41) is 22.9. The van der Waals surface area contributed by atoms with E-state index < -0.39 is 81.6 Å². The van der Waals surface area contributed by atoms with Gasteiger partial charge in [0.25, 0.3) is 5.91 Å². The molecule has 3 aliphatic carbocycles. The minimum atomic E-state index is -2.83. The molecule has 222 valence electrons. The van der Waals surface area contributed by atoms with Crippen LogP contribution in [0.2, 0.25) is 0 Å². The number of nitrogens with one attached hydrogen (secondary N) is 1. The highest BCUT2D eigenvalue weighted by atomic mass is 16.7. The number of primary amides is 1. The van der Waals surface area contributed by atoms with Gasteiger partial charge in [-0.1, -0.05) is 0 Å². The number of benzene rings is 1. The van der Waals surface area contributed by atoms with Crippen LogP contribution in [0.4, 0.5) is 5.69 Å². The van der Waals surface area contributed by atoms with E-state index in [-0.39, 0.29) is 24.0 Å². The zero-order chi connectivity index (χ0) is 30.9. The van der Waals surface area contributed by atoms with Crippen LogP contribution in [0.5, 0.6) is 5.75 Å². The van der Waals surface area contributed by atoms with Gasteiger partial charge >= 0.3 is 0 Å². The summed E-state index contributed by atoms with van der Waals surface area (Å²) in [5.74, 6) is -12.6. The second-order valence-electron chi connectivity index (χ2n) is 12.5. The van der Waals surface area contributed by atoms with E-state index in [0.29, 0.717) is 11.3 Å². The van der Waals surface area contributed by atoms with Gasteiger partial charge in [0.15, 0.2) is 34.7 Å². The highest BCUT2D eigenvalue weighted by Crippen LogP contribution is 2.52. The number of nitrogens with two attached hydrogens (primary N) is 1. The van der Waals surface area contributed by atoms with Crippen molar-refractivity contribution < 1.29 is 43.8 Å². The fourth-order valence-corrected chi connectivity index (χ4v) is 6.48. The van der Waals surface area contributed by atoms with E-state index in [4.69, 9.17) is 10.6 Å². The lowest BCUT2D eigenvalue weighted by atomic mass is 9.52. The van der Waals surface area contributed by atoms with Gasteiger partial charge in [-0.2, -0.15) is 0 Å². The van der Waals surface area contributed by atoms with E-state index in [9.17, 15) is 39.0 Å². The number of rotatable bonds is 5. The molecule has 2 amide bonds. The largest absolute Gasteiger partial charge is 0.506 e. The Kier molecular flexibility index (Phi) is 7.38. The first-order valence-electron chi connectivity index (χ1n) is 13.2. The number of Topliss-reactive ketones (excluding diaryl/α,β-unsaturated/α-hetero) is 4. The molecule has 4 rings (SSSR count). The molecule has 0 radical (unpaired) electrons. The van der Waals surface area contributed by atoms with Crippen molar-refractivity contribution in [3.63, 3.8) is 0 Å². The summed E-state index contributed by atoms with van der Waals surface area (Å²) in [6.07, 6.45) is 0.00644. The fraction of sp³-hybridized carbons (Fsp3) is 0.571. The van der Waals surface area contributed by atoms with Crippen molar-refractivity contribution in [3.8, 4) is 5.75 Å². The number of carbonyl (C=O) groups is 6. The molecule has 1 aromatic rings. The van der Waals surface area contributed by atoms with Crippen molar-refractivity contribution in [1.29, 1.82) is 0 Å². The molecule has 0 spiro atoms. The minimum absolute atomic E-state index is 0.0703. The van der Waals surface area contributed by atoms with Gasteiger partial charge in [0.1, 0.15) is 5.75 Å². The van der Waals surface area contributed by atoms with Gasteiger partial charge in [-0.15, -0.1) is 0 Å². The van der Waals surface area contributed by atoms with E-state index in [1.165, 1.54) is 25.1 Å². The number of aromatic hydroxyl groups is 1. The van der Waals surface area contributed by atoms with Gasteiger partial charge in [0.2, 0.25) is 5.91 Å². The summed E-state index contributed by atoms with van der Waals surface area (Å²) < 4.78 is 0. The zero-order valence-electron chi connectivity index (χ0n) is 24.1. The second kappa shape index (κ2) is 10.00. The molecule has 5 N–H and O–H groups in total. The standard InChI is InChI=1S/C28H36N4O9/c1-27(2,3)41-30-26(39)13-10-15(31(4)5)12-8-11-9-14-19(32(6)7)22(35)18(25(29)38)24(37)28(14,40)23(36)16(11)21(34)17(12)20(13)33/h10-11,14,16,18-19,33,40H,8-9H2,1-7H3,(H2,29,38)(H,30,39)/t11-,14-,16?,18?,19-,28-/m0/s1. The number of hydrogen-bond acceptors (Lipinski definition) is 11. The quantitative estimate of drug-likeness (QED) is 0.259. The van der Waals surface area contributed by atoms with Crippen LogP contribution in [-0.2, 0) is 30.4 Å². The van der Waals surface area contributed by atoms with Crippen molar-refractivity contribution in [2.45, 2.75) is 50.9 Å². The highest BCUT2D eigenvalue weighted by Gasteiger charge is 2.69. The molecule has 0 saturated heterocycles. The number of likely N-dealkylation sites (N-methyl/N-ethyl adjacent to an activating group) is 1. The van der Waals surface area contributed by atoms with Crippen LogP contribution >= 0.6 is 0 Å². The first-order valence-corrected chi connectivity index (χ1v) is 13.2. The number of hydrogen-bond donors (Lipinski definition) is 4. The number of fused-ring (bicyclic) bond motifs is 3. The Morgan fingerprint density at radius 3 is 2.22 bits per heavy atom. The Balaban J connectivity index is 1.86. The smallest absolute Gasteiger partial charge is 0.278 e. The molecule has 6 atom stereocenters. The summed E-state index contributed by atoms with van der Waals surface area (Å²) in [7, 11) is 6.41. The predicted molar refractivity (Wildman–Crippen MR) is 144 cm³/mol. The van der Waals surface area contributed by atoms with Crippen molar-refractivity contribution in [3.05, 3.63) is 22.8 Å². The molecule has 13 heteroatoms. The lowest BCUT2D eigenvalue weighted by Gasteiger charge is -2.52. The van der Waals surface area contributed by atoms with E-state index in [1.807, 2.05) is 0 Å². The van der Waals surface area contributed by atoms with E-state index in [0.717, 1.165) is 0 Å². The first-order chi connectivity index (χ1) is 18.8. The molecule has 0 heterocycles. The van der Waals surface area contributed by atoms with Crippen LogP contribution in [0.1, 0.15) is 53.5 Å². The SMILES string of the molecule is CN(C)c1cc(C(=O)NOC(C)(C)C)c(O)c2c1C[C@H]1C[C@H]3[C@H](N(C)C)C(=O)C(C(N)=O)C(=O)[C@@]3(O)C(=O)C1C2=O. The van der Waals surface area contributed by atoms with Crippen LogP contribution in [-0.4, -0.2) is 95.5 Å². The third-order valence-electron chi connectivity index (χ3n) is 8.21. The molecule has 2 unspecified atom stereocenters. The molecule has 2 fully saturated rings. The van der Waals surface area contributed by atoms with Crippen molar-refractivity contribution in [2.75, 3.05) is 33.1 Å². The van der Waals surface area contributed by atoms with Crippen LogP contribution in [0.15, 0.2) is 6.07 Å². The average Bonchev–Trinajstić information content (AvgIpc) is 2.83. The third-order valence-corrected chi connectivity index (χ3v) is 8.21. The van der Waals surface area contributed by atoms with Crippen LogP contribution in [0.3, 0.4) is 0 Å². The predicted octanol–water partition coefficient (Wildman–Crippen LogP) is -0.607. The molecule has 0 aliphatic heterocycles. The Labute approximate surface area is 236 Å². The van der Waals surface area contributed by atoms with Gasteiger partial charge in [-0.05, 0) is 65.3 Å². The third kappa shape index (κ3) is 4.61. The Hall–Kier alpha value is -3.68. The second-order valence-corrected chi connectivity index (χ2v) is 12.5. The molecule has 0 bridgehead atoms. The normalized spacial score (nSPS) is 29.5. The summed E-state index contributed by atoms with van der Waals surface area (Å²) in [5.41, 5.74) is 4.29. The number of aliphatic hydroxyl groups is 1. The molecule has 41 heavy (non-hydrogen) atoms. The summed E-state index contributed by atoms with van der Waals surface area (Å²) >= 11 is 0. The van der Waals surface area contributed by atoms with E-state index in [2.05, 4.69) is 5.48 Å². The summed E-state index contributed by atoms with van der Waals surface area (Å²) in [6, 6.07) is 0.227. The average molecular weight is 573 g/mol. The summed E-state index contributed by atoms with van der Waals surface area (Å²) in [6.45, 7) is 5.10. The fourth-order valence-electron chi connectivity index (χ4n) is 6.48. The number of anilines is 1. The van der Waals surface area contributed by atoms with Crippen LogP contribution in [0, 0.1) is 23.7 Å². The number of carbonyl (C=O) groups excluding carboxylic acids is 6. The number of amides is 2. The lowest BCUT2D eigenvalue weighted by molar-refractivity contribution is -0.181. The monoisotopic (exact) mass is 572 g/mol. The van der Waals surface area contributed by atoms with Gasteiger partial charge in [-0.25, -0.2) is 5.48 Å². The maximum atomic E-state index is 14.0. The minimum Gasteiger partial charge on any atom is -0.506 e. The van der Waals surface area contributed by atoms with Gasteiger partial charge < -0.3 is 20.8 Å². The number of hydroxylamine groups is 1. The Morgan fingerprint density at radius 2 is 1.71 bits per heavy atom. The van der Waals surface area contributed by atoms with E-state index in [1.54, 1.807) is 39.8 Å².